The van der Waals surface area contributed by atoms with E-state index in [1.165, 1.54) is 13.0 Å². The van der Waals surface area contributed by atoms with Gasteiger partial charge in [-0.2, -0.15) is 0 Å². The zero-order chi connectivity index (χ0) is 27.0. The van der Waals surface area contributed by atoms with E-state index in [2.05, 4.69) is 74.5 Å². The SMILES string of the molecule is C.C.CC.CC.CC(=O)c1cccc(S(C)=O)c1.CS(=O)c1cccc(C(=O)Cl)c1.II.I[I-]I. The average molecular weight is 1110 g/mol. The Balaban J connectivity index is -0.0000000868. The summed E-state index contributed by atoms with van der Waals surface area (Å²) >= 11 is 14.8. The van der Waals surface area contributed by atoms with Crippen LogP contribution in [0.1, 0.15) is 70.2 Å². The first-order valence-electron chi connectivity index (χ1n) is 9.23. The molecular formula is C23H37ClI5O4S2-. The van der Waals surface area contributed by atoms with Crippen LogP contribution in [0, 0.1) is 0 Å². The van der Waals surface area contributed by atoms with E-state index in [9.17, 15) is 18.0 Å². The van der Waals surface area contributed by atoms with Crippen LogP contribution in [0.25, 0.3) is 0 Å². The molecule has 0 bridgehead atoms. The second-order valence-electron chi connectivity index (χ2n) is 4.85. The quantitative estimate of drug-likeness (QED) is 0.183. The molecule has 0 aromatic heterocycles. The van der Waals surface area contributed by atoms with E-state index < -0.39 is 26.8 Å². The Kier molecular flexibility index (Phi) is 51.4. The third kappa shape index (κ3) is 28.8. The van der Waals surface area contributed by atoms with Crippen molar-refractivity contribution in [3.8, 4) is 0 Å². The van der Waals surface area contributed by atoms with Crippen molar-refractivity contribution in [1.82, 2.24) is 0 Å². The average Bonchev–Trinajstić information content (AvgIpc) is 2.84. The number of rotatable bonds is 4. The van der Waals surface area contributed by atoms with Crippen LogP contribution in [0.2, 0.25) is 0 Å². The van der Waals surface area contributed by atoms with Gasteiger partial charge in [0.2, 0.25) is 0 Å². The van der Waals surface area contributed by atoms with Crippen LogP contribution in [0.3, 0.4) is 0 Å². The minimum atomic E-state index is -1.07. The van der Waals surface area contributed by atoms with Gasteiger partial charge >= 0.3 is 50.5 Å². The third-order valence-electron chi connectivity index (χ3n) is 2.97. The van der Waals surface area contributed by atoms with Crippen LogP contribution in [0.15, 0.2) is 58.3 Å². The summed E-state index contributed by atoms with van der Waals surface area (Å²) in [6.07, 6.45) is 3.15. The van der Waals surface area contributed by atoms with Crippen LogP contribution in [0.4, 0.5) is 0 Å². The predicted octanol–water partition coefficient (Wildman–Crippen LogP) is 7.30. The summed E-state index contributed by atoms with van der Waals surface area (Å²) in [5.41, 5.74) is 0.993. The number of halogens is 6. The van der Waals surface area contributed by atoms with Gasteiger partial charge in [0.25, 0.3) is 5.24 Å². The summed E-state index contributed by atoms with van der Waals surface area (Å²) in [7, 11) is -2.07. The fraction of sp³-hybridized carbons (Fsp3) is 0.391. The van der Waals surface area contributed by atoms with Crippen molar-refractivity contribution in [3.05, 3.63) is 59.7 Å². The van der Waals surface area contributed by atoms with Crippen molar-refractivity contribution >= 4 is 119 Å². The first kappa shape index (κ1) is 49.9. The molecule has 2 unspecified atom stereocenters. The van der Waals surface area contributed by atoms with Crippen molar-refractivity contribution < 1.29 is 31.3 Å². The Hall–Kier alpha value is 2.02. The number of hydrogen-bond donors (Lipinski definition) is 0. The van der Waals surface area contributed by atoms with Crippen LogP contribution in [-0.2, 0) is 21.6 Å². The van der Waals surface area contributed by atoms with Gasteiger partial charge in [-0.3, -0.25) is 18.0 Å². The van der Waals surface area contributed by atoms with Gasteiger partial charge in [-0.05, 0) is 42.8 Å². The maximum atomic E-state index is 11.0. The van der Waals surface area contributed by atoms with Crippen LogP contribution < -0.4 is 13.3 Å². The van der Waals surface area contributed by atoms with Crippen molar-refractivity contribution in [2.75, 3.05) is 12.5 Å². The topological polar surface area (TPSA) is 68.3 Å². The van der Waals surface area contributed by atoms with E-state index in [4.69, 9.17) is 11.6 Å². The molecule has 0 saturated carbocycles. The number of carbonyl (C=O) groups excluding carboxylic acids is 2. The molecular weight excluding hydrogens is 1070 g/mol. The van der Waals surface area contributed by atoms with Crippen molar-refractivity contribution in [3.63, 3.8) is 0 Å². The summed E-state index contributed by atoms with van der Waals surface area (Å²) in [5.74, 6) is 0.00213. The zero-order valence-corrected chi connectivity index (χ0v) is 32.5. The summed E-state index contributed by atoms with van der Waals surface area (Å²) in [4.78, 5) is 22.9. The van der Waals surface area contributed by atoms with Gasteiger partial charge in [-0.15, -0.1) is 0 Å². The first-order chi connectivity index (χ1) is 15.6. The molecule has 0 amide bonds. The molecule has 2 aromatic carbocycles. The van der Waals surface area contributed by atoms with Crippen LogP contribution in [-0.4, -0.2) is 32.0 Å². The van der Waals surface area contributed by atoms with E-state index in [0.717, 1.165) is 0 Å². The Bertz CT molecular complexity index is 715. The number of benzene rings is 2. The number of ketones is 1. The van der Waals surface area contributed by atoms with E-state index in [1.54, 1.807) is 55.0 Å². The van der Waals surface area contributed by atoms with Gasteiger partial charge in [-0.25, -0.2) is 0 Å². The van der Waals surface area contributed by atoms with E-state index >= 15 is 0 Å². The molecule has 2 aromatic rings. The number of hydrogen-bond acceptors (Lipinski definition) is 4. The van der Waals surface area contributed by atoms with Crippen molar-refractivity contribution in [2.45, 2.75) is 59.3 Å². The molecule has 0 aliphatic rings. The second-order valence-corrected chi connectivity index (χ2v) is 24.2. The third-order valence-corrected chi connectivity index (χ3v) is 5.02. The summed E-state index contributed by atoms with van der Waals surface area (Å²) in [5, 5.41) is -0.526. The standard InChI is InChI=1S/C9H10O2S.C8H7ClO2S.2C2H6.2CH4.I3.I2/c1-7(10)8-4-3-5-9(6-8)12(2)11;1-12(11)7-4-2-3-6(5-7)8(9)10;2*1-2;;;1-3-2;1-2/h3-6H,1-2H3;2-5H,1H3;2*1-2H3;2*1H4;;/q;;;;;;-1;. The number of carbonyl (C=O) groups is 2. The molecule has 0 aliphatic heterocycles. The Morgan fingerprint density at radius 2 is 1.06 bits per heavy atom. The first-order valence-corrected chi connectivity index (χ1v) is 31.6. The van der Waals surface area contributed by atoms with E-state index in [0.29, 0.717) is 34.2 Å². The van der Waals surface area contributed by atoms with Crippen molar-refractivity contribution in [2.24, 2.45) is 0 Å². The summed E-state index contributed by atoms with van der Waals surface area (Å²) in [6.45, 7) is 9.50. The van der Waals surface area contributed by atoms with Gasteiger partial charge in [-0.1, -0.05) is 66.8 Å². The molecule has 2 rings (SSSR count). The molecule has 4 nitrogen and oxygen atoms in total. The Morgan fingerprint density at radius 3 is 1.31 bits per heavy atom. The normalized spacial score (nSPS) is 9.71. The predicted molar refractivity (Wildman–Crippen MR) is 190 cm³/mol. The minimum absolute atomic E-state index is 0. The van der Waals surface area contributed by atoms with Gasteiger partial charge < -0.3 is 0 Å². The molecule has 12 heteroatoms. The molecule has 0 heterocycles. The van der Waals surface area contributed by atoms with Gasteiger partial charge in [0.15, 0.2) is 5.78 Å². The Morgan fingerprint density at radius 1 is 0.771 bits per heavy atom. The van der Waals surface area contributed by atoms with Crippen molar-refractivity contribution in [1.29, 1.82) is 0 Å². The van der Waals surface area contributed by atoms with Gasteiger partial charge in [0.05, 0.1) is 0 Å². The number of Topliss-reactive ketones (excluding diaryl/α,β-unsaturated/α-hetero) is 1. The fourth-order valence-corrected chi connectivity index (χ4v) is 2.93. The maximum absolute atomic E-state index is 11.0. The molecule has 0 aliphatic carbocycles. The Labute approximate surface area is 276 Å². The second kappa shape index (κ2) is 36.0. The molecule has 0 N–H and O–H groups in total. The van der Waals surface area contributed by atoms with Gasteiger partial charge in [0.1, 0.15) is 0 Å². The molecule has 2 atom stereocenters. The fourth-order valence-electron chi connectivity index (χ4n) is 1.69. The van der Waals surface area contributed by atoms with E-state index in [-0.39, 0.29) is 20.6 Å². The van der Waals surface area contributed by atoms with Crippen LogP contribution >= 0.6 is 86.1 Å². The summed E-state index contributed by atoms with van der Waals surface area (Å²) < 4.78 is 22.0. The molecule has 35 heavy (non-hydrogen) atoms. The zero-order valence-electron chi connectivity index (χ0n) is 19.3. The molecule has 0 saturated heterocycles. The van der Waals surface area contributed by atoms with Gasteiger partial charge in [0, 0.05) is 92.3 Å². The summed E-state index contributed by atoms with van der Waals surface area (Å²) in [6, 6.07) is 13.4. The van der Waals surface area contributed by atoms with E-state index in [1.807, 2.05) is 27.7 Å². The monoisotopic (exact) mass is 1110 g/mol. The molecule has 208 valence electrons. The van der Waals surface area contributed by atoms with Crippen LogP contribution in [0.5, 0.6) is 0 Å². The molecule has 0 radical (unpaired) electrons. The molecule has 0 spiro atoms. The molecule has 0 fully saturated rings.